The molecule has 1 nitrogen and oxygen atoms in total. The minimum absolute atomic E-state index is 0.330. The second-order valence-corrected chi connectivity index (χ2v) is 10.3. The molecule has 1 aliphatic carbocycles. The quantitative estimate of drug-likeness (QED) is 0.698. The normalized spacial score (nSPS) is 25.2. The minimum atomic E-state index is -1.45. The van der Waals surface area contributed by atoms with E-state index in [1.807, 2.05) is 0 Å². The summed E-state index contributed by atoms with van der Waals surface area (Å²) in [5.74, 6) is 0.654. The summed E-state index contributed by atoms with van der Waals surface area (Å²) in [6.45, 7) is 9.14. The van der Waals surface area contributed by atoms with Gasteiger partial charge in [0.2, 0.25) is 0 Å². The number of hydrogen-bond acceptors (Lipinski definition) is 1. The highest BCUT2D eigenvalue weighted by molar-refractivity contribution is 6.69. The van der Waals surface area contributed by atoms with E-state index in [0.717, 1.165) is 0 Å². The van der Waals surface area contributed by atoms with Crippen molar-refractivity contribution in [2.75, 3.05) is 0 Å². The highest BCUT2D eigenvalue weighted by Gasteiger charge is 2.30. The molecule has 2 heteroatoms. The molecule has 0 N–H and O–H groups in total. The molecule has 0 radical (unpaired) electrons. The maximum Gasteiger partial charge on any atom is 0.184 e. The van der Waals surface area contributed by atoms with Crippen LogP contribution in [0.4, 0.5) is 0 Å². The summed E-state index contributed by atoms with van der Waals surface area (Å²) < 4.78 is 6.36. The van der Waals surface area contributed by atoms with Crippen molar-refractivity contribution < 1.29 is 4.43 Å². The fourth-order valence-electron chi connectivity index (χ4n) is 2.44. The zero-order valence-corrected chi connectivity index (χ0v) is 11.8. The molecule has 0 bridgehead atoms. The van der Waals surface area contributed by atoms with E-state index in [1.54, 1.807) is 0 Å². The third-order valence-electron chi connectivity index (χ3n) is 3.23. The molecule has 0 heterocycles. The van der Waals surface area contributed by atoms with E-state index in [4.69, 9.17) is 4.43 Å². The second-order valence-electron chi connectivity index (χ2n) is 5.87. The molecule has 0 unspecified atom stereocenters. The van der Waals surface area contributed by atoms with Gasteiger partial charge in [0, 0.05) is 0 Å². The van der Waals surface area contributed by atoms with Gasteiger partial charge >= 0.3 is 0 Å². The van der Waals surface area contributed by atoms with E-state index < -0.39 is 8.32 Å². The van der Waals surface area contributed by atoms with Crippen LogP contribution in [0.1, 0.15) is 30.6 Å². The summed E-state index contributed by atoms with van der Waals surface area (Å²) in [6.07, 6.45) is 2.80. The summed E-state index contributed by atoms with van der Waals surface area (Å²) in [6, 6.07) is 8.77. The van der Waals surface area contributed by atoms with Crippen LogP contribution in [0.3, 0.4) is 0 Å². The first-order chi connectivity index (χ1) is 7.47. The fourth-order valence-corrected chi connectivity index (χ4v) is 3.56. The van der Waals surface area contributed by atoms with Gasteiger partial charge in [-0.1, -0.05) is 31.2 Å². The second kappa shape index (κ2) is 4.34. The Labute approximate surface area is 100.0 Å². The molecule has 0 amide bonds. The van der Waals surface area contributed by atoms with Crippen molar-refractivity contribution in [1.82, 2.24) is 0 Å². The SMILES string of the molecule is C[C@@H]1CCc2ccccc2[C@@H]1O[Si](C)(C)C. The van der Waals surface area contributed by atoms with Crippen molar-refractivity contribution in [2.24, 2.45) is 5.92 Å². The Bertz CT molecular complexity index is 367. The third-order valence-corrected chi connectivity index (χ3v) is 4.19. The predicted molar refractivity (Wildman–Crippen MR) is 71.1 cm³/mol. The van der Waals surface area contributed by atoms with Crippen molar-refractivity contribution in [2.45, 2.75) is 45.5 Å². The molecule has 0 saturated heterocycles. The van der Waals surface area contributed by atoms with Crippen molar-refractivity contribution in [3.05, 3.63) is 35.4 Å². The number of rotatable bonds is 2. The van der Waals surface area contributed by atoms with Gasteiger partial charge in [0.15, 0.2) is 8.32 Å². The van der Waals surface area contributed by atoms with Gasteiger partial charge in [-0.05, 0) is 49.5 Å². The maximum atomic E-state index is 6.36. The summed E-state index contributed by atoms with van der Waals surface area (Å²) in [7, 11) is -1.45. The molecule has 0 aliphatic heterocycles. The van der Waals surface area contributed by atoms with E-state index >= 15 is 0 Å². The largest absolute Gasteiger partial charge is 0.410 e. The molecule has 2 rings (SSSR count). The third kappa shape index (κ3) is 2.55. The lowest BCUT2D eigenvalue weighted by Gasteiger charge is -2.35. The Morgan fingerprint density at radius 2 is 1.88 bits per heavy atom. The molecule has 16 heavy (non-hydrogen) atoms. The molecule has 1 aliphatic rings. The van der Waals surface area contributed by atoms with E-state index in [2.05, 4.69) is 50.8 Å². The van der Waals surface area contributed by atoms with Gasteiger partial charge in [-0.15, -0.1) is 0 Å². The zero-order valence-electron chi connectivity index (χ0n) is 10.8. The summed E-state index contributed by atoms with van der Waals surface area (Å²) in [5.41, 5.74) is 2.92. The molecule has 1 aromatic carbocycles. The lowest BCUT2D eigenvalue weighted by molar-refractivity contribution is 0.122. The topological polar surface area (TPSA) is 9.23 Å². The summed E-state index contributed by atoms with van der Waals surface area (Å²) in [5, 5.41) is 0. The van der Waals surface area contributed by atoms with Crippen LogP contribution < -0.4 is 0 Å². The summed E-state index contributed by atoms with van der Waals surface area (Å²) in [4.78, 5) is 0. The van der Waals surface area contributed by atoms with Crippen LogP contribution in [0, 0.1) is 5.92 Å². The molecule has 2 atom stereocenters. The first-order valence-electron chi connectivity index (χ1n) is 6.23. The van der Waals surface area contributed by atoms with E-state index in [-0.39, 0.29) is 0 Å². The van der Waals surface area contributed by atoms with Crippen LogP contribution in [0.2, 0.25) is 19.6 Å². The van der Waals surface area contributed by atoms with Crippen molar-refractivity contribution in [3.63, 3.8) is 0 Å². The highest BCUT2D eigenvalue weighted by atomic mass is 28.4. The fraction of sp³-hybridized carbons (Fsp3) is 0.571. The minimum Gasteiger partial charge on any atom is -0.410 e. The van der Waals surface area contributed by atoms with E-state index in [9.17, 15) is 0 Å². The molecule has 0 spiro atoms. The van der Waals surface area contributed by atoms with Gasteiger partial charge in [0.05, 0.1) is 6.10 Å². The molecule has 0 fully saturated rings. The van der Waals surface area contributed by atoms with E-state index in [0.29, 0.717) is 12.0 Å². The van der Waals surface area contributed by atoms with Crippen molar-refractivity contribution in [3.8, 4) is 0 Å². The first kappa shape index (κ1) is 11.9. The standard InChI is InChI=1S/C14H22OSi/c1-11-9-10-12-7-5-6-8-13(12)14(11)15-16(2,3)4/h5-8,11,14H,9-10H2,1-4H3/t11-,14-/m1/s1. The van der Waals surface area contributed by atoms with Gasteiger partial charge < -0.3 is 4.43 Å². The maximum absolute atomic E-state index is 6.36. The van der Waals surface area contributed by atoms with Gasteiger partial charge in [-0.2, -0.15) is 0 Å². The molecular weight excluding hydrogens is 212 g/mol. The van der Waals surface area contributed by atoms with Gasteiger partial charge in [-0.25, -0.2) is 0 Å². The summed E-state index contributed by atoms with van der Waals surface area (Å²) >= 11 is 0. The van der Waals surface area contributed by atoms with Crippen LogP contribution in [-0.2, 0) is 10.8 Å². The molecule has 0 saturated carbocycles. The predicted octanol–water partition coefficient (Wildman–Crippen LogP) is 4.16. The Kier molecular flexibility index (Phi) is 3.22. The lowest BCUT2D eigenvalue weighted by atomic mass is 9.83. The number of benzene rings is 1. The van der Waals surface area contributed by atoms with Crippen molar-refractivity contribution >= 4 is 8.32 Å². The first-order valence-corrected chi connectivity index (χ1v) is 9.64. The van der Waals surface area contributed by atoms with Crippen LogP contribution in [-0.4, -0.2) is 8.32 Å². The monoisotopic (exact) mass is 234 g/mol. The highest BCUT2D eigenvalue weighted by Crippen LogP contribution is 2.38. The average molecular weight is 234 g/mol. The van der Waals surface area contributed by atoms with E-state index in [1.165, 1.54) is 24.0 Å². The molecule has 0 aromatic heterocycles. The number of hydrogen-bond donors (Lipinski definition) is 0. The van der Waals surface area contributed by atoms with Crippen molar-refractivity contribution in [1.29, 1.82) is 0 Å². The van der Waals surface area contributed by atoms with Crippen LogP contribution in [0.25, 0.3) is 0 Å². The molecule has 1 aromatic rings. The average Bonchev–Trinajstić information content (AvgIpc) is 2.21. The number of aryl methyl sites for hydroxylation is 1. The Morgan fingerprint density at radius 1 is 1.19 bits per heavy atom. The Balaban J connectivity index is 2.30. The molecule has 88 valence electrons. The van der Waals surface area contributed by atoms with Crippen LogP contribution in [0.5, 0.6) is 0 Å². The van der Waals surface area contributed by atoms with Crippen LogP contribution in [0.15, 0.2) is 24.3 Å². The smallest absolute Gasteiger partial charge is 0.184 e. The van der Waals surface area contributed by atoms with Crippen LogP contribution >= 0.6 is 0 Å². The van der Waals surface area contributed by atoms with Gasteiger partial charge in [0.1, 0.15) is 0 Å². The lowest BCUT2D eigenvalue weighted by Crippen LogP contribution is -2.32. The van der Waals surface area contributed by atoms with Gasteiger partial charge in [0.25, 0.3) is 0 Å². The van der Waals surface area contributed by atoms with Gasteiger partial charge in [-0.3, -0.25) is 0 Å². The number of fused-ring (bicyclic) bond motifs is 1. The Hall–Kier alpha value is -0.603. The zero-order chi connectivity index (χ0) is 11.8. The Morgan fingerprint density at radius 3 is 2.56 bits per heavy atom. The molecular formula is C14H22OSi.